The second kappa shape index (κ2) is 9.13. The summed E-state index contributed by atoms with van der Waals surface area (Å²) in [4.78, 5) is 13.3. The van der Waals surface area contributed by atoms with E-state index in [0.717, 1.165) is 18.0 Å². The SMILES string of the molecule is CC(C)(CCNCc1c2ccccc2cc2ccccc12)OC(=O)c1ccc(S)cc1. The van der Waals surface area contributed by atoms with Crippen molar-refractivity contribution in [3.8, 4) is 0 Å². The molecule has 3 nitrogen and oxygen atoms in total. The summed E-state index contributed by atoms with van der Waals surface area (Å²) in [6, 6.07) is 26.3. The molecule has 0 aromatic heterocycles. The summed E-state index contributed by atoms with van der Waals surface area (Å²) in [6.45, 7) is 5.41. The lowest BCUT2D eigenvalue weighted by molar-refractivity contribution is -0.00425. The van der Waals surface area contributed by atoms with Crippen molar-refractivity contribution in [3.63, 3.8) is 0 Å². The molecule has 1 N–H and O–H groups in total. The van der Waals surface area contributed by atoms with Gasteiger partial charge in [-0.25, -0.2) is 4.79 Å². The smallest absolute Gasteiger partial charge is 0.338 e. The van der Waals surface area contributed by atoms with Crippen molar-refractivity contribution >= 4 is 40.1 Å². The number of benzene rings is 4. The Hall–Kier alpha value is -2.82. The molecule has 0 radical (unpaired) electrons. The predicted molar refractivity (Wildman–Crippen MR) is 131 cm³/mol. The van der Waals surface area contributed by atoms with Crippen LogP contribution >= 0.6 is 12.6 Å². The zero-order valence-corrected chi connectivity index (χ0v) is 18.8. The van der Waals surface area contributed by atoms with Crippen LogP contribution in [-0.2, 0) is 11.3 Å². The van der Waals surface area contributed by atoms with E-state index in [-0.39, 0.29) is 5.97 Å². The molecule has 4 aromatic rings. The number of carbonyl (C=O) groups excluding carboxylic acids is 1. The molecular weight excluding hydrogens is 402 g/mol. The van der Waals surface area contributed by atoms with Gasteiger partial charge in [-0.05, 0) is 84.3 Å². The molecule has 0 aliphatic rings. The molecule has 4 aromatic carbocycles. The maximum absolute atomic E-state index is 12.5. The van der Waals surface area contributed by atoms with Crippen LogP contribution in [-0.4, -0.2) is 18.1 Å². The second-order valence-corrected chi connectivity index (χ2v) is 8.94. The highest BCUT2D eigenvalue weighted by Crippen LogP contribution is 2.28. The summed E-state index contributed by atoms with van der Waals surface area (Å²) in [5.41, 5.74) is 1.28. The van der Waals surface area contributed by atoms with Gasteiger partial charge in [-0.3, -0.25) is 0 Å². The molecule has 0 fully saturated rings. The van der Waals surface area contributed by atoms with Gasteiger partial charge >= 0.3 is 5.97 Å². The number of rotatable bonds is 7. The van der Waals surface area contributed by atoms with Crippen LogP contribution in [0.3, 0.4) is 0 Å². The molecule has 0 saturated heterocycles. The van der Waals surface area contributed by atoms with Gasteiger partial charge in [0, 0.05) is 11.4 Å². The van der Waals surface area contributed by atoms with Gasteiger partial charge in [0.1, 0.15) is 5.60 Å². The predicted octanol–water partition coefficient (Wildman–Crippen LogP) is 6.40. The minimum Gasteiger partial charge on any atom is -0.456 e. The maximum atomic E-state index is 12.5. The summed E-state index contributed by atoms with van der Waals surface area (Å²) in [5.74, 6) is -0.307. The van der Waals surface area contributed by atoms with Crippen LogP contribution in [0.15, 0.2) is 83.8 Å². The summed E-state index contributed by atoms with van der Waals surface area (Å²) in [6.07, 6.45) is 0.714. The lowest BCUT2D eigenvalue weighted by Gasteiger charge is -2.25. The Labute approximate surface area is 188 Å². The van der Waals surface area contributed by atoms with Gasteiger partial charge in [0.05, 0.1) is 5.56 Å². The number of hydrogen-bond donors (Lipinski definition) is 2. The highest BCUT2D eigenvalue weighted by Gasteiger charge is 2.23. The Morgan fingerprint density at radius 3 is 2.10 bits per heavy atom. The van der Waals surface area contributed by atoms with Crippen molar-refractivity contribution in [2.75, 3.05) is 6.54 Å². The molecule has 0 spiro atoms. The van der Waals surface area contributed by atoms with E-state index in [4.69, 9.17) is 4.74 Å². The fourth-order valence-electron chi connectivity index (χ4n) is 3.86. The Bertz CT molecular complexity index is 1160. The van der Waals surface area contributed by atoms with E-state index in [9.17, 15) is 4.79 Å². The zero-order valence-electron chi connectivity index (χ0n) is 17.9. The minimum absolute atomic E-state index is 0.307. The standard InChI is InChI=1S/C27H27NO2S/c1-27(2,30-26(29)19-11-13-22(31)14-12-19)15-16-28-18-25-23-9-5-3-7-20(23)17-21-8-4-6-10-24(21)25/h3-14,17,28,31H,15-16,18H2,1-2H3. The number of thiol groups is 1. The van der Waals surface area contributed by atoms with Gasteiger partial charge < -0.3 is 10.1 Å². The van der Waals surface area contributed by atoms with E-state index in [1.165, 1.54) is 27.1 Å². The highest BCUT2D eigenvalue weighted by molar-refractivity contribution is 7.80. The summed E-state index contributed by atoms with van der Waals surface area (Å²) < 4.78 is 5.75. The van der Waals surface area contributed by atoms with E-state index < -0.39 is 5.60 Å². The Morgan fingerprint density at radius 2 is 1.48 bits per heavy atom. The van der Waals surface area contributed by atoms with E-state index in [2.05, 4.69) is 72.5 Å². The fraction of sp³-hybridized carbons (Fsp3) is 0.222. The monoisotopic (exact) mass is 429 g/mol. The molecule has 0 bridgehead atoms. The van der Waals surface area contributed by atoms with E-state index in [0.29, 0.717) is 12.0 Å². The number of esters is 1. The molecule has 158 valence electrons. The van der Waals surface area contributed by atoms with Crippen LogP contribution in [0.1, 0.15) is 36.2 Å². The Kier molecular flexibility index (Phi) is 6.30. The third-order valence-corrected chi connectivity index (χ3v) is 5.86. The first kappa shape index (κ1) is 21.4. The summed E-state index contributed by atoms with van der Waals surface area (Å²) in [7, 11) is 0. The van der Waals surface area contributed by atoms with Crippen LogP contribution in [0.2, 0.25) is 0 Å². The van der Waals surface area contributed by atoms with Crippen molar-refractivity contribution in [2.45, 2.75) is 37.3 Å². The zero-order chi connectivity index (χ0) is 21.8. The van der Waals surface area contributed by atoms with E-state index >= 15 is 0 Å². The normalized spacial score (nSPS) is 11.7. The average Bonchev–Trinajstić information content (AvgIpc) is 2.76. The Morgan fingerprint density at radius 1 is 0.903 bits per heavy atom. The van der Waals surface area contributed by atoms with Crippen molar-refractivity contribution < 1.29 is 9.53 Å². The molecule has 0 aliphatic heterocycles. The van der Waals surface area contributed by atoms with Gasteiger partial charge in [-0.2, -0.15) is 0 Å². The molecule has 0 aliphatic carbocycles. The first-order valence-corrected chi connectivity index (χ1v) is 11.0. The van der Waals surface area contributed by atoms with Crippen molar-refractivity contribution in [1.29, 1.82) is 0 Å². The van der Waals surface area contributed by atoms with Crippen molar-refractivity contribution in [1.82, 2.24) is 5.32 Å². The van der Waals surface area contributed by atoms with Crippen LogP contribution in [0.5, 0.6) is 0 Å². The molecular formula is C27H27NO2S. The van der Waals surface area contributed by atoms with Crippen LogP contribution in [0.4, 0.5) is 0 Å². The lowest BCUT2D eigenvalue weighted by atomic mass is 9.96. The second-order valence-electron chi connectivity index (χ2n) is 8.42. The van der Waals surface area contributed by atoms with Crippen molar-refractivity contribution in [3.05, 3.63) is 90.0 Å². The molecule has 0 unspecified atom stereocenters. The van der Waals surface area contributed by atoms with Gasteiger partial charge in [0.15, 0.2) is 0 Å². The highest BCUT2D eigenvalue weighted by atomic mass is 32.1. The Balaban J connectivity index is 1.41. The molecule has 4 rings (SSSR count). The molecule has 4 heteroatoms. The lowest BCUT2D eigenvalue weighted by Crippen LogP contribution is -2.32. The number of ether oxygens (including phenoxy) is 1. The first-order valence-electron chi connectivity index (χ1n) is 10.6. The third kappa shape index (κ3) is 5.09. The van der Waals surface area contributed by atoms with Crippen LogP contribution in [0.25, 0.3) is 21.5 Å². The van der Waals surface area contributed by atoms with Gasteiger partial charge in [-0.1, -0.05) is 48.5 Å². The number of carbonyl (C=O) groups is 1. The molecule has 31 heavy (non-hydrogen) atoms. The van der Waals surface area contributed by atoms with Gasteiger partial charge in [0.25, 0.3) is 0 Å². The largest absolute Gasteiger partial charge is 0.456 e. The summed E-state index contributed by atoms with van der Waals surface area (Å²) in [5, 5.41) is 8.60. The molecule has 0 amide bonds. The molecule has 0 atom stereocenters. The van der Waals surface area contributed by atoms with E-state index in [1.807, 2.05) is 13.8 Å². The molecule has 0 heterocycles. The van der Waals surface area contributed by atoms with Crippen molar-refractivity contribution in [2.24, 2.45) is 0 Å². The number of hydrogen-bond acceptors (Lipinski definition) is 4. The minimum atomic E-state index is -0.565. The average molecular weight is 430 g/mol. The third-order valence-electron chi connectivity index (χ3n) is 5.56. The van der Waals surface area contributed by atoms with Crippen LogP contribution in [0, 0.1) is 0 Å². The maximum Gasteiger partial charge on any atom is 0.338 e. The van der Waals surface area contributed by atoms with Gasteiger partial charge in [-0.15, -0.1) is 12.6 Å². The number of fused-ring (bicyclic) bond motifs is 2. The van der Waals surface area contributed by atoms with Gasteiger partial charge in [0.2, 0.25) is 0 Å². The quantitative estimate of drug-likeness (QED) is 0.155. The number of nitrogens with one attached hydrogen (secondary N) is 1. The van der Waals surface area contributed by atoms with E-state index in [1.54, 1.807) is 24.3 Å². The van der Waals surface area contributed by atoms with Crippen LogP contribution < -0.4 is 5.32 Å². The topological polar surface area (TPSA) is 38.3 Å². The first-order chi connectivity index (χ1) is 14.9. The molecule has 0 saturated carbocycles. The summed E-state index contributed by atoms with van der Waals surface area (Å²) >= 11 is 4.26. The fourth-order valence-corrected chi connectivity index (χ4v) is 4.01.